The van der Waals surface area contributed by atoms with Gasteiger partial charge in [-0.1, -0.05) is 16.9 Å². The number of nitrogens with two attached hydrogens (primary N) is 1. The predicted molar refractivity (Wildman–Crippen MR) is 164 cm³/mol. The van der Waals surface area contributed by atoms with Crippen LogP contribution in [0.1, 0.15) is 11.3 Å². The number of nitrogens with zero attached hydrogens (tertiary/aromatic N) is 8. The number of carboxylic acid groups (broad SMARTS) is 1. The van der Waals surface area contributed by atoms with Gasteiger partial charge in [0, 0.05) is 23.9 Å². The number of hydrazone groups is 1. The molecule has 2 aromatic heterocycles. The van der Waals surface area contributed by atoms with E-state index in [1.165, 1.54) is 58.0 Å². The molecule has 46 heavy (non-hydrogen) atoms. The fourth-order valence-electron chi connectivity index (χ4n) is 4.09. The Morgan fingerprint density at radius 3 is 2.76 bits per heavy atom. The number of nitrogens with one attached hydrogen (secondary N) is 2. The van der Waals surface area contributed by atoms with Crippen molar-refractivity contribution < 1.29 is 39.3 Å². The first-order chi connectivity index (χ1) is 22.0. The van der Waals surface area contributed by atoms with Crippen molar-refractivity contribution in [3.05, 3.63) is 46.1 Å². The van der Waals surface area contributed by atoms with Gasteiger partial charge in [-0.15, -0.1) is 28.2 Å². The third-order valence-electron chi connectivity index (χ3n) is 6.23. The molecule has 0 radical (unpaired) electrons. The molecular formula is C24H23N11O8S3. The summed E-state index contributed by atoms with van der Waals surface area (Å²) < 4.78 is 1.44. The minimum Gasteiger partial charge on any atom is -0.504 e. The van der Waals surface area contributed by atoms with Gasteiger partial charge in [0.1, 0.15) is 22.8 Å². The molecule has 2 atom stereocenters. The number of aliphatic carboxylic acids is 1. The minimum atomic E-state index is -1.28. The van der Waals surface area contributed by atoms with Gasteiger partial charge in [0.15, 0.2) is 28.9 Å². The van der Waals surface area contributed by atoms with Gasteiger partial charge in [-0.2, -0.15) is 5.10 Å². The number of rotatable bonds is 12. The number of benzene rings is 1. The molecule has 2 aliphatic rings. The summed E-state index contributed by atoms with van der Waals surface area (Å²) in [4.78, 5) is 61.0. The smallest absolute Gasteiger partial charge is 0.352 e. The Hall–Kier alpha value is -5.22. The van der Waals surface area contributed by atoms with Crippen LogP contribution in [0.2, 0.25) is 0 Å². The number of fused-ring (bicyclic) bond motifs is 1. The second-order valence-electron chi connectivity index (χ2n) is 9.32. The molecule has 5 rings (SSSR count). The molecule has 3 amide bonds. The number of nitrogen functional groups attached to an aromatic ring is 1. The van der Waals surface area contributed by atoms with Crippen LogP contribution in [0, 0.1) is 0 Å². The van der Waals surface area contributed by atoms with Crippen LogP contribution in [-0.4, -0.2) is 111 Å². The lowest BCUT2D eigenvalue weighted by molar-refractivity contribution is -0.150. The van der Waals surface area contributed by atoms with E-state index in [9.17, 15) is 34.5 Å². The van der Waals surface area contributed by atoms with E-state index in [2.05, 4.69) is 41.5 Å². The standard InChI is InChI=1S/C24H23N11O8S3/c1-34-24(30-32-33-34)46-8-11-7-44-21-17(20(40)35(21)18(11)22(41)42)28-19(39)16(12-9-45-23(25)27-12)31-43-6-15(38)29-26-5-10-2-3-13(36)14(37)4-10/h2-5,9,17,21,36-37H,6-8H2,1H3,(H2,25,27)(H,28,39)(H,29,38)(H,41,42)/t17?,21-/m1/s1. The highest BCUT2D eigenvalue weighted by Crippen LogP contribution is 2.41. The van der Waals surface area contributed by atoms with Crippen molar-refractivity contribution >= 4 is 75.6 Å². The van der Waals surface area contributed by atoms with E-state index >= 15 is 0 Å². The van der Waals surface area contributed by atoms with Crippen molar-refractivity contribution in [2.75, 3.05) is 23.8 Å². The number of tetrazole rings is 1. The second kappa shape index (κ2) is 13.8. The minimum absolute atomic E-state index is 0.0224. The van der Waals surface area contributed by atoms with E-state index in [1.54, 1.807) is 7.05 Å². The largest absolute Gasteiger partial charge is 0.504 e. The Morgan fingerprint density at radius 2 is 2.09 bits per heavy atom. The van der Waals surface area contributed by atoms with E-state index < -0.39 is 41.7 Å². The topological polar surface area (TPSA) is 273 Å². The van der Waals surface area contributed by atoms with Crippen molar-refractivity contribution in [3.8, 4) is 11.5 Å². The zero-order valence-electron chi connectivity index (χ0n) is 23.4. The monoisotopic (exact) mass is 689 g/mol. The van der Waals surface area contributed by atoms with Crippen LogP contribution in [0.4, 0.5) is 5.13 Å². The molecule has 0 spiro atoms. The number of aryl methyl sites for hydroxylation is 1. The molecule has 7 N–H and O–H groups in total. The van der Waals surface area contributed by atoms with Crippen LogP contribution in [-0.2, 0) is 31.1 Å². The number of aromatic hydroxyl groups is 2. The fraction of sp³-hybridized carbons (Fsp3) is 0.250. The summed E-state index contributed by atoms with van der Waals surface area (Å²) in [5, 5.41) is 51.3. The number of phenolic OH excluding ortho intramolecular Hbond substituents is 2. The van der Waals surface area contributed by atoms with Crippen molar-refractivity contribution in [2.45, 2.75) is 16.6 Å². The van der Waals surface area contributed by atoms with Crippen LogP contribution in [0.5, 0.6) is 11.5 Å². The first-order valence-electron chi connectivity index (χ1n) is 12.8. The average Bonchev–Trinajstić information content (AvgIpc) is 3.65. The highest BCUT2D eigenvalue weighted by Gasteiger charge is 2.54. The summed E-state index contributed by atoms with van der Waals surface area (Å²) in [5.41, 5.74) is 8.25. The van der Waals surface area contributed by atoms with Gasteiger partial charge in [-0.3, -0.25) is 19.3 Å². The number of thioether (sulfide) groups is 2. The molecule has 0 saturated carbocycles. The molecule has 4 heterocycles. The number of phenols is 2. The Labute approximate surface area is 270 Å². The molecule has 0 aliphatic carbocycles. The molecule has 2 aliphatic heterocycles. The Bertz CT molecular complexity index is 1790. The van der Waals surface area contributed by atoms with Crippen LogP contribution in [0.15, 0.2) is 50.3 Å². The summed E-state index contributed by atoms with van der Waals surface area (Å²) in [6.45, 7) is -0.666. The Balaban J connectivity index is 1.22. The lowest BCUT2D eigenvalue weighted by atomic mass is 10.0. The van der Waals surface area contributed by atoms with E-state index in [-0.39, 0.29) is 45.2 Å². The Morgan fingerprint density at radius 1 is 1.28 bits per heavy atom. The molecule has 1 saturated heterocycles. The lowest BCUT2D eigenvalue weighted by Gasteiger charge is -2.49. The molecule has 1 fully saturated rings. The van der Waals surface area contributed by atoms with Crippen molar-refractivity contribution in [1.82, 2.24) is 40.8 Å². The number of hydrogen-bond donors (Lipinski definition) is 6. The third-order valence-corrected chi connectivity index (χ3v) is 9.34. The van der Waals surface area contributed by atoms with Crippen LogP contribution >= 0.6 is 34.9 Å². The van der Waals surface area contributed by atoms with Gasteiger partial charge in [-0.05, 0) is 39.8 Å². The highest BCUT2D eigenvalue weighted by atomic mass is 32.2. The van der Waals surface area contributed by atoms with Gasteiger partial charge in [-0.25, -0.2) is 19.9 Å². The zero-order valence-corrected chi connectivity index (χ0v) is 25.9. The number of anilines is 1. The molecule has 3 aromatic rings. The number of carboxylic acids is 1. The second-order valence-corrected chi connectivity index (χ2v) is 12.3. The first-order valence-corrected chi connectivity index (χ1v) is 15.8. The van der Waals surface area contributed by atoms with Crippen LogP contribution in [0.25, 0.3) is 0 Å². The maximum atomic E-state index is 13.3. The van der Waals surface area contributed by atoms with Gasteiger partial charge < -0.3 is 31.2 Å². The quantitative estimate of drug-likeness (QED) is 0.0440. The van der Waals surface area contributed by atoms with E-state index in [0.29, 0.717) is 16.3 Å². The van der Waals surface area contributed by atoms with Crippen LogP contribution < -0.4 is 16.5 Å². The maximum Gasteiger partial charge on any atom is 0.352 e. The van der Waals surface area contributed by atoms with Gasteiger partial charge in [0.2, 0.25) is 5.16 Å². The Kier molecular flexibility index (Phi) is 9.67. The maximum absolute atomic E-state index is 13.3. The lowest BCUT2D eigenvalue weighted by Crippen LogP contribution is -2.71. The van der Waals surface area contributed by atoms with E-state index in [1.807, 2.05) is 0 Å². The summed E-state index contributed by atoms with van der Waals surface area (Å²) in [6.07, 6.45) is 1.21. The fourth-order valence-corrected chi connectivity index (χ4v) is 6.97. The van der Waals surface area contributed by atoms with E-state index in [4.69, 9.17) is 10.6 Å². The SMILES string of the molecule is Cn1nnnc1SCC1=C(C(=O)O)N2C(=O)C(NC(=O)C(=NOCC(=O)NN=Cc3ccc(O)c(O)c3)c3csc(N)n3)[C@H]2SC1. The van der Waals surface area contributed by atoms with Gasteiger partial charge in [0.05, 0.1) is 6.21 Å². The third kappa shape index (κ3) is 7.02. The summed E-state index contributed by atoms with van der Waals surface area (Å²) in [6, 6.07) is 2.84. The van der Waals surface area contributed by atoms with Crippen molar-refractivity contribution in [1.29, 1.82) is 0 Å². The summed E-state index contributed by atoms with van der Waals surface area (Å²) >= 11 is 3.52. The van der Waals surface area contributed by atoms with Crippen molar-refractivity contribution in [3.63, 3.8) is 0 Å². The van der Waals surface area contributed by atoms with Gasteiger partial charge >= 0.3 is 5.97 Å². The number of carbonyl (C=O) groups excluding carboxylic acids is 3. The normalized spacial score (nSPS) is 17.9. The number of β-lactam (4-membered cyclic amide) rings is 1. The number of aromatic nitrogens is 5. The summed E-state index contributed by atoms with van der Waals surface area (Å²) in [7, 11) is 1.65. The molecule has 22 heteroatoms. The predicted octanol–water partition coefficient (Wildman–Crippen LogP) is -0.938. The zero-order chi connectivity index (χ0) is 33.0. The van der Waals surface area contributed by atoms with E-state index in [0.717, 1.165) is 16.2 Å². The average molecular weight is 690 g/mol. The number of amides is 3. The molecule has 19 nitrogen and oxygen atoms in total. The number of hydrogen-bond acceptors (Lipinski definition) is 17. The first kappa shape index (κ1) is 32.2. The number of thiazole rings is 1. The van der Waals surface area contributed by atoms with Crippen LogP contribution in [0.3, 0.4) is 0 Å². The van der Waals surface area contributed by atoms with Gasteiger partial charge in [0.25, 0.3) is 17.7 Å². The number of carbonyl (C=O) groups is 4. The molecule has 1 aromatic carbocycles. The van der Waals surface area contributed by atoms with Crippen molar-refractivity contribution in [2.24, 2.45) is 17.3 Å². The number of oxime groups is 1. The highest BCUT2D eigenvalue weighted by molar-refractivity contribution is 8.01. The molecule has 1 unspecified atom stereocenters. The summed E-state index contributed by atoms with van der Waals surface area (Å²) in [5.74, 6) is -3.71. The molecule has 0 bridgehead atoms. The molecular weight excluding hydrogens is 667 g/mol. The molecule has 240 valence electrons.